The molecule has 51 heavy (non-hydrogen) atoms. The standard InChI is InChI=1S/C38H60N6O6S/c1-8-10-12-13-19-44(34(47)14-11-9-2)32(25(3)4)21-30(40-26(5)45)36-43-31(24-51-36)35(48)42-29(22-38(6,7)37(49)50)20-27-15-17-28(18-16-27)41-33(46)23-39/h15-18,24-25,29-30,32H,8-14,19-23,39H2,1-7H3,(H,40,45)(H,41,46)(H,42,48)(H,49,50). The van der Waals surface area contributed by atoms with Crippen molar-refractivity contribution in [2.45, 2.75) is 131 Å². The van der Waals surface area contributed by atoms with Crippen LogP contribution in [0.1, 0.15) is 133 Å². The highest BCUT2D eigenvalue weighted by Gasteiger charge is 2.33. The molecule has 0 saturated carbocycles. The predicted molar refractivity (Wildman–Crippen MR) is 202 cm³/mol. The monoisotopic (exact) mass is 728 g/mol. The molecule has 0 fully saturated rings. The highest BCUT2D eigenvalue weighted by molar-refractivity contribution is 7.09. The van der Waals surface area contributed by atoms with Crippen molar-refractivity contribution in [2.24, 2.45) is 17.1 Å². The van der Waals surface area contributed by atoms with Crippen LogP contribution in [0.15, 0.2) is 29.6 Å². The molecular weight excluding hydrogens is 669 g/mol. The van der Waals surface area contributed by atoms with Crippen LogP contribution in [0.4, 0.5) is 5.69 Å². The molecule has 2 aromatic rings. The average Bonchev–Trinajstić information content (AvgIpc) is 3.57. The second-order valence-corrected chi connectivity index (χ2v) is 15.2. The number of nitrogens with one attached hydrogen (secondary N) is 3. The van der Waals surface area contributed by atoms with E-state index < -0.39 is 29.4 Å². The van der Waals surface area contributed by atoms with Gasteiger partial charge in [0.1, 0.15) is 10.7 Å². The van der Waals surface area contributed by atoms with Gasteiger partial charge in [-0.2, -0.15) is 0 Å². The zero-order chi connectivity index (χ0) is 38.1. The summed E-state index contributed by atoms with van der Waals surface area (Å²) in [5, 5.41) is 20.8. The molecule has 0 aliphatic rings. The first-order chi connectivity index (χ1) is 24.1. The molecule has 0 saturated heterocycles. The fraction of sp³-hybridized carbons (Fsp3) is 0.632. The molecule has 0 spiro atoms. The molecule has 1 heterocycles. The van der Waals surface area contributed by atoms with Crippen molar-refractivity contribution in [3.8, 4) is 0 Å². The van der Waals surface area contributed by atoms with Crippen LogP contribution in [-0.2, 0) is 25.6 Å². The van der Waals surface area contributed by atoms with E-state index in [2.05, 4.69) is 48.6 Å². The minimum Gasteiger partial charge on any atom is -0.481 e. The van der Waals surface area contributed by atoms with Gasteiger partial charge in [0.2, 0.25) is 17.7 Å². The van der Waals surface area contributed by atoms with E-state index in [9.17, 15) is 29.1 Å². The number of anilines is 1. The smallest absolute Gasteiger partial charge is 0.309 e. The SMILES string of the molecule is CCCCCCN(C(=O)CCCC)C(CC(NC(C)=O)c1nc(C(=O)NC(Cc2ccc(NC(=O)CN)cc2)CC(C)(C)C(=O)O)cs1)C(C)C. The zero-order valence-electron chi connectivity index (χ0n) is 31.5. The Balaban J connectivity index is 2.34. The lowest BCUT2D eigenvalue weighted by atomic mass is 9.84. The summed E-state index contributed by atoms with van der Waals surface area (Å²) in [4.78, 5) is 70.0. The summed E-state index contributed by atoms with van der Waals surface area (Å²) in [5.41, 5.74) is 5.85. The van der Waals surface area contributed by atoms with Crippen molar-refractivity contribution in [2.75, 3.05) is 18.4 Å². The van der Waals surface area contributed by atoms with Crippen LogP contribution in [0.25, 0.3) is 0 Å². The molecule has 6 N–H and O–H groups in total. The van der Waals surface area contributed by atoms with E-state index in [-0.39, 0.29) is 48.3 Å². The van der Waals surface area contributed by atoms with Gasteiger partial charge in [0.15, 0.2) is 0 Å². The number of carbonyl (C=O) groups excluding carboxylic acids is 4. The van der Waals surface area contributed by atoms with E-state index in [4.69, 9.17) is 5.73 Å². The molecule has 12 nitrogen and oxygen atoms in total. The number of unbranched alkanes of at least 4 members (excludes halogenated alkanes) is 4. The molecule has 0 bridgehead atoms. The van der Waals surface area contributed by atoms with Crippen molar-refractivity contribution < 1.29 is 29.1 Å². The Hall–Kier alpha value is -3.84. The summed E-state index contributed by atoms with van der Waals surface area (Å²) in [5.74, 6) is -1.75. The number of carboxylic acids is 1. The van der Waals surface area contributed by atoms with Gasteiger partial charge in [-0.3, -0.25) is 24.0 Å². The van der Waals surface area contributed by atoms with Crippen molar-refractivity contribution >= 4 is 46.6 Å². The third kappa shape index (κ3) is 14.7. The number of amides is 4. The van der Waals surface area contributed by atoms with E-state index in [1.807, 2.05) is 17.0 Å². The zero-order valence-corrected chi connectivity index (χ0v) is 32.4. The number of nitrogens with zero attached hydrogens (tertiary/aromatic N) is 2. The Morgan fingerprint density at radius 2 is 1.65 bits per heavy atom. The molecule has 2 rings (SSSR count). The summed E-state index contributed by atoms with van der Waals surface area (Å²) in [7, 11) is 0. The average molecular weight is 729 g/mol. The molecule has 0 aliphatic carbocycles. The summed E-state index contributed by atoms with van der Waals surface area (Å²) in [6.45, 7) is 13.6. The maximum Gasteiger partial charge on any atom is 0.309 e. The molecule has 0 aliphatic heterocycles. The van der Waals surface area contributed by atoms with Crippen molar-refractivity contribution in [3.63, 3.8) is 0 Å². The molecular formula is C38H60N6O6S. The van der Waals surface area contributed by atoms with Crippen molar-refractivity contribution in [1.82, 2.24) is 20.5 Å². The minimum atomic E-state index is -1.13. The quantitative estimate of drug-likeness (QED) is 0.0854. The topological polar surface area (TPSA) is 184 Å². The van der Waals surface area contributed by atoms with Crippen LogP contribution in [0.5, 0.6) is 0 Å². The molecule has 284 valence electrons. The Kier molecular flexibility index (Phi) is 18.3. The van der Waals surface area contributed by atoms with Gasteiger partial charge < -0.3 is 31.7 Å². The Morgan fingerprint density at radius 3 is 2.22 bits per heavy atom. The van der Waals surface area contributed by atoms with Crippen LogP contribution in [0.2, 0.25) is 0 Å². The lowest BCUT2D eigenvalue weighted by Crippen LogP contribution is -2.46. The molecule has 1 aromatic heterocycles. The van der Waals surface area contributed by atoms with Gasteiger partial charge in [-0.15, -0.1) is 11.3 Å². The normalized spacial score (nSPS) is 13.3. The molecule has 1 aromatic carbocycles. The van der Waals surface area contributed by atoms with Gasteiger partial charge in [0.25, 0.3) is 5.91 Å². The van der Waals surface area contributed by atoms with Gasteiger partial charge >= 0.3 is 5.97 Å². The van der Waals surface area contributed by atoms with E-state index in [0.717, 1.165) is 44.1 Å². The number of hydrogen-bond acceptors (Lipinski definition) is 8. The second kappa shape index (κ2) is 21.5. The highest BCUT2D eigenvalue weighted by Crippen LogP contribution is 2.30. The first-order valence-corrected chi connectivity index (χ1v) is 19.1. The van der Waals surface area contributed by atoms with Crippen LogP contribution in [0.3, 0.4) is 0 Å². The third-order valence-corrected chi connectivity index (χ3v) is 9.93. The number of aliphatic carboxylic acids is 1. The van der Waals surface area contributed by atoms with Crippen LogP contribution in [-0.4, -0.2) is 69.8 Å². The van der Waals surface area contributed by atoms with Crippen molar-refractivity contribution in [1.29, 1.82) is 0 Å². The lowest BCUT2D eigenvalue weighted by molar-refractivity contribution is -0.147. The number of carboxylic acid groups (broad SMARTS) is 1. The van der Waals surface area contributed by atoms with Gasteiger partial charge in [0, 0.05) is 43.0 Å². The molecule has 0 radical (unpaired) electrons. The van der Waals surface area contributed by atoms with E-state index in [0.29, 0.717) is 36.5 Å². The summed E-state index contributed by atoms with van der Waals surface area (Å²) in [6.07, 6.45) is 7.34. The van der Waals surface area contributed by atoms with Crippen molar-refractivity contribution in [3.05, 3.63) is 45.9 Å². The fourth-order valence-electron chi connectivity index (χ4n) is 6.03. The first kappa shape index (κ1) is 43.3. The lowest BCUT2D eigenvalue weighted by Gasteiger charge is -2.37. The molecule has 3 unspecified atom stereocenters. The number of rotatable bonds is 23. The Labute approximate surface area is 307 Å². The largest absolute Gasteiger partial charge is 0.481 e. The third-order valence-electron chi connectivity index (χ3n) is 8.97. The Bertz CT molecular complexity index is 1430. The summed E-state index contributed by atoms with van der Waals surface area (Å²) < 4.78 is 0. The van der Waals surface area contributed by atoms with Gasteiger partial charge in [-0.25, -0.2) is 4.98 Å². The first-order valence-electron chi connectivity index (χ1n) is 18.3. The van der Waals surface area contributed by atoms with Gasteiger partial charge in [-0.05, 0) is 69.6 Å². The number of thiazole rings is 1. The van der Waals surface area contributed by atoms with E-state index in [1.54, 1.807) is 31.4 Å². The van der Waals surface area contributed by atoms with Crippen LogP contribution < -0.4 is 21.7 Å². The number of hydrogen-bond donors (Lipinski definition) is 5. The number of carbonyl (C=O) groups is 5. The van der Waals surface area contributed by atoms with E-state index >= 15 is 0 Å². The Morgan fingerprint density at radius 1 is 0.980 bits per heavy atom. The molecule has 4 amide bonds. The highest BCUT2D eigenvalue weighted by atomic mass is 32.1. The van der Waals surface area contributed by atoms with Crippen LogP contribution in [0, 0.1) is 11.3 Å². The minimum absolute atomic E-state index is 0.116. The van der Waals surface area contributed by atoms with Crippen LogP contribution >= 0.6 is 11.3 Å². The van der Waals surface area contributed by atoms with Gasteiger partial charge in [0.05, 0.1) is 18.0 Å². The maximum absolute atomic E-state index is 13.7. The number of aromatic nitrogens is 1. The number of nitrogens with two attached hydrogens (primary N) is 1. The molecule has 3 atom stereocenters. The predicted octanol–water partition coefficient (Wildman–Crippen LogP) is 6.07. The summed E-state index contributed by atoms with van der Waals surface area (Å²) >= 11 is 1.27. The van der Waals surface area contributed by atoms with E-state index in [1.165, 1.54) is 18.3 Å². The number of benzene rings is 1. The maximum atomic E-state index is 13.7. The van der Waals surface area contributed by atoms with Gasteiger partial charge in [-0.1, -0.05) is 65.5 Å². The second-order valence-electron chi connectivity index (χ2n) is 14.3. The molecule has 13 heteroatoms. The fourth-order valence-corrected chi connectivity index (χ4v) is 6.90. The summed E-state index contributed by atoms with van der Waals surface area (Å²) in [6, 6.07) is 5.86.